The van der Waals surface area contributed by atoms with Crippen LogP contribution >= 0.6 is 0 Å². The molecular weight excluding hydrogens is 1020 g/mol. The van der Waals surface area contributed by atoms with Crippen LogP contribution in [0.25, 0.3) is 10.8 Å². The van der Waals surface area contributed by atoms with Gasteiger partial charge in [0.2, 0.25) is 0 Å². The zero-order chi connectivity index (χ0) is 55.7. The van der Waals surface area contributed by atoms with Gasteiger partial charge in [-0.25, -0.2) is 0 Å². The minimum absolute atomic E-state index is 0.0880. The van der Waals surface area contributed by atoms with E-state index in [-0.39, 0.29) is 13.4 Å². The monoisotopic (exact) mass is 1070 g/mol. The van der Waals surface area contributed by atoms with Crippen LogP contribution in [-0.4, -0.2) is 13.4 Å². The van der Waals surface area contributed by atoms with Gasteiger partial charge < -0.3 is 24.5 Å². The summed E-state index contributed by atoms with van der Waals surface area (Å²) in [6.45, 7) is 2.38. The number of para-hydroxylation sites is 7. The molecule has 394 valence electrons. The Bertz CT molecular complexity index is 4550. The van der Waals surface area contributed by atoms with Gasteiger partial charge in [-0.1, -0.05) is 194 Å². The Morgan fingerprint density at radius 2 is 0.631 bits per heavy atom. The second-order valence-electron chi connectivity index (χ2n) is 22.1. The molecule has 0 amide bonds. The third kappa shape index (κ3) is 7.95. The molecule has 0 saturated heterocycles. The first-order valence-corrected chi connectivity index (χ1v) is 29.1. The number of anilines is 15. The van der Waals surface area contributed by atoms with Crippen LogP contribution in [0, 0.1) is 6.92 Å². The third-order valence-electron chi connectivity index (χ3n) is 17.3. The normalized spacial score (nSPS) is 12.9. The molecule has 0 radical (unpaired) electrons. The molecule has 0 bridgehead atoms. The van der Waals surface area contributed by atoms with Gasteiger partial charge >= 0.3 is 0 Å². The van der Waals surface area contributed by atoms with Gasteiger partial charge in [0.25, 0.3) is 13.4 Å². The van der Waals surface area contributed by atoms with Gasteiger partial charge in [0.05, 0.1) is 0 Å². The fraction of sp³-hybridized carbons (Fsp3) is 0.0130. The number of hydrogen-bond acceptors (Lipinski definition) is 5. The van der Waals surface area contributed by atoms with Crippen LogP contribution in [0.1, 0.15) is 5.56 Å². The van der Waals surface area contributed by atoms with Gasteiger partial charge in [0, 0.05) is 85.3 Å². The van der Waals surface area contributed by atoms with Gasteiger partial charge in [0.15, 0.2) is 0 Å². The van der Waals surface area contributed by atoms with Crippen LogP contribution in [0.5, 0.6) is 0 Å². The summed E-state index contributed by atoms with van der Waals surface area (Å²) >= 11 is 0. The molecule has 0 aromatic heterocycles. The Morgan fingerprint density at radius 3 is 1.17 bits per heavy atom. The van der Waals surface area contributed by atoms with Crippen molar-refractivity contribution in [3.8, 4) is 0 Å². The number of benzene rings is 13. The fourth-order valence-corrected chi connectivity index (χ4v) is 13.8. The molecule has 7 heteroatoms. The lowest BCUT2D eigenvalue weighted by Crippen LogP contribution is -2.61. The van der Waals surface area contributed by atoms with Crippen molar-refractivity contribution in [2.24, 2.45) is 0 Å². The number of rotatable bonds is 7. The van der Waals surface area contributed by atoms with E-state index in [4.69, 9.17) is 0 Å². The van der Waals surface area contributed by atoms with Crippen molar-refractivity contribution in [1.29, 1.82) is 0 Å². The van der Waals surface area contributed by atoms with Crippen molar-refractivity contribution in [3.05, 3.63) is 321 Å². The topological polar surface area (TPSA) is 16.2 Å². The Balaban J connectivity index is 0.000000141. The molecule has 4 heterocycles. The summed E-state index contributed by atoms with van der Waals surface area (Å²) in [4.78, 5) is 12.1. The largest absolute Gasteiger partial charge is 0.311 e. The molecule has 13 aromatic rings. The highest BCUT2D eigenvalue weighted by Gasteiger charge is 2.45. The number of nitrogens with zero attached hydrogens (tertiary/aromatic N) is 5. The quantitative estimate of drug-likeness (QED) is 0.147. The summed E-state index contributed by atoms with van der Waals surface area (Å²) in [7, 11) is 0. The predicted molar refractivity (Wildman–Crippen MR) is 358 cm³/mol. The molecule has 0 N–H and O–H groups in total. The maximum absolute atomic E-state index is 2.47. The van der Waals surface area contributed by atoms with Gasteiger partial charge in [-0.2, -0.15) is 0 Å². The first kappa shape index (κ1) is 49.1. The third-order valence-corrected chi connectivity index (χ3v) is 17.3. The van der Waals surface area contributed by atoms with Crippen molar-refractivity contribution >= 4 is 142 Å². The van der Waals surface area contributed by atoms with E-state index in [0.717, 1.165) is 28.4 Å². The maximum Gasteiger partial charge on any atom is 0.252 e. The summed E-state index contributed by atoms with van der Waals surface area (Å²) in [5.74, 6) is 0. The van der Waals surface area contributed by atoms with Gasteiger partial charge in [-0.3, -0.25) is 0 Å². The molecule has 0 unspecified atom stereocenters. The van der Waals surface area contributed by atoms with Crippen molar-refractivity contribution in [2.75, 3.05) is 24.5 Å². The van der Waals surface area contributed by atoms with E-state index >= 15 is 0 Å². The highest BCUT2D eigenvalue weighted by molar-refractivity contribution is 7.02. The van der Waals surface area contributed by atoms with E-state index < -0.39 is 0 Å². The van der Waals surface area contributed by atoms with E-state index in [2.05, 4.69) is 347 Å². The Kier molecular flexibility index (Phi) is 11.9. The zero-order valence-electron chi connectivity index (χ0n) is 46.4. The van der Waals surface area contributed by atoms with Crippen LogP contribution in [-0.2, 0) is 0 Å². The first-order valence-electron chi connectivity index (χ1n) is 29.1. The standard InChI is InChI=1S/C43H32BN3.C34H23BN2/c1-31-24-26-35(27-25-31)47-41-23-13-22-40-43(41)44(37-20-11-12-21-39(37)46(40)34-18-9-4-10-19-34)38-29-28-36(30-42(38)47)45(32-14-5-2-6-15-32)33-16-7-3-8-17-33;1-3-13-25(14-4-1)36-29-19-10-9-18-28(29)35-33-27-17-8-7-12-24(27)22-23-32(33)37(26-15-5-2-6-16-26)31-21-11-20-30(36)34(31)35/h2-30H,1H3;1-23H. The smallest absolute Gasteiger partial charge is 0.252 e. The molecule has 4 aliphatic heterocycles. The zero-order valence-corrected chi connectivity index (χ0v) is 46.4. The molecule has 0 atom stereocenters. The molecule has 0 aliphatic carbocycles. The predicted octanol–water partition coefficient (Wildman–Crippen LogP) is 16.5. The average Bonchev–Trinajstić information content (AvgIpc) is 1.82. The molecule has 84 heavy (non-hydrogen) atoms. The minimum Gasteiger partial charge on any atom is -0.311 e. The van der Waals surface area contributed by atoms with E-state index in [1.54, 1.807) is 0 Å². The molecule has 0 fully saturated rings. The highest BCUT2D eigenvalue weighted by atomic mass is 15.2. The SMILES string of the molecule is Cc1ccc(N2c3cc(N(c4ccccc4)c4ccccc4)ccc3B3c4ccccc4N(c4ccccc4)c4cccc2c43)cc1.c1ccc(N2c3ccccc3B3c4c2cccc4N(c2ccccc2)c2ccc4ccccc4c23)cc1. The minimum atomic E-state index is 0.0880. The lowest BCUT2D eigenvalue weighted by molar-refractivity contribution is 1.24. The van der Waals surface area contributed by atoms with Gasteiger partial charge in [-0.05, 0) is 178 Å². The van der Waals surface area contributed by atoms with Gasteiger partial charge in [0.1, 0.15) is 0 Å². The summed E-state index contributed by atoms with van der Waals surface area (Å²) in [6, 6.07) is 114. The van der Waals surface area contributed by atoms with Crippen molar-refractivity contribution < 1.29 is 0 Å². The second-order valence-corrected chi connectivity index (χ2v) is 22.1. The summed E-state index contributed by atoms with van der Waals surface area (Å²) in [6.07, 6.45) is 0. The molecule has 0 spiro atoms. The van der Waals surface area contributed by atoms with Crippen LogP contribution in [0.3, 0.4) is 0 Å². The Hall–Kier alpha value is -10.8. The Morgan fingerprint density at radius 1 is 0.250 bits per heavy atom. The van der Waals surface area contributed by atoms with Crippen LogP contribution in [0.2, 0.25) is 0 Å². The fourth-order valence-electron chi connectivity index (χ4n) is 13.8. The van der Waals surface area contributed by atoms with E-state index in [9.17, 15) is 0 Å². The first-order chi connectivity index (χ1) is 41.7. The summed E-state index contributed by atoms with van der Waals surface area (Å²) in [5, 5.41) is 2.59. The van der Waals surface area contributed by atoms with Crippen molar-refractivity contribution in [2.45, 2.75) is 6.92 Å². The molecule has 0 saturated carbocycles. The number of fused-ring (bicyclic) bond motifs is 10. The lowest BCUT2D eigenvalue weighted by Gasteiger charge is -2.44. The van der Waals surface area contributed by atoms with Gasteiger partial charge in [-0.15, -0.1) is 0 Å². The lowest BCUT2D eigenvalue weighted by atomic mass is 9.33. The number of aryl methyl sites for hydroxylation is 1. The Labute approximate surface area is 492 Å². The average molecular weight is 1070 g/mol. The molecular formula is C77H55B2N5. The van der Waals surface area contributed by atoms with Crippen LogP contribution in [0.15, 0.2) is 315 Å². The molecule has 5 nitrogen and oxygen atoms in total. The second kappa shape index (κ2) is 20.4. The maximum atomic E-state index is 2.47. The molecule has 17 rings (SSSR count). The molecule has 13 aromatic carbocycles. The summed E-state index contributed by atoms with van der Waals surface area (Å²) in [5.41, 5.74) is 27.1. The van der Waals surface area contributed by atoms with Crippen molar-refractivity contribution in [3.63, 3.8) is 0 Å². The van der Waals surface area contributed by atoms with E-state index in [1.165, 1.54) is 106 Å². The number of hydrogen-bond donors (Lipinski definition) is 0. The van der Waals surface area contributed by atoms with E-state index in [1.807, 2.05) is 0 Å². The molecule has 4 aliphatic rings. The summed E-state index contributed by atoms with van der Waals surface area (Å²) < 4.78 is 0. The highest BCUT2D eigenvalue weighted by Crippen LogP contribution is 2.48. The van der Waals surface area contributed by atoms with Crippen LogP contribution in [0.4, 0.5) is 85.3 Å². The van der Waals surface area contributed by atoms with Crippen molar-refractivity contribution in [1.82, 2.24) is 0 Å². The van der Waals surface area contributed by atoms with Crippen LogP contribution < -0.4 is 57.3 Å². The van der Waals surface area contributed by atoms with E-state index in [0.29, 0.717) is 0 Å².